The molecule has 0 aliphatic heterocycles. The van der Waals surface area contributed by atoms with Crippen molar-refractivity contribution in [2.24, 2.45) is 0 Å². The Hall–Kier alpha value is -3.54. The van der Waals surface area contributed by atoms with E-state index in [2.05, 4.69) is 11.1 Å². The van der Waals surface area contributed by atoms with Gasteiger partial charge in [-0.25, -0.2) is 9.97 Å². The van der Waals surface area contributed by atoms with E-state index in [0.717, 1.165) is 32.4 Å². The molecule has 4 aromatic rings. The van der Waals surface area contributed by atoms with Crippen molar-refractivity contribution in [2.45, 2.75) is 10.8 Å². The zero-order chi connectivity index (χ0) is 20.9. The number of thiazole rings is 1. The summed E-state index contributed by atoms with van der Waals surface area (Å²) in [4.78, 5) is 19.5. The fourth-order valence-corrected chi connectivity index (χ4v) is 4.43. The lowest BCUT2D eigenvalue weighted by atomic mass is 10.1. The highest BCUT2D eigenvalue weighted by atomic mass is 32.2. The molecule has 6 nitrogen and oxygen atoms in total. The zero-order valence-electron chi connectivity index (χ0n) is 15.6. The van der Waals surface area contributed by atoms with Crippen molar-refractivity contribution < 1.29 is 4.92 Å². The predicted octanol–water partition coefficient (Wildman–Crippen LogP) is 5.94. The van der Waals surface area contributed by atoms with Gasteiger partial charge in [-0.2, -0.15) is 5.26 Å². The van der Waals surface area contributed by atoms with Gasteiger partial charge in [0.2, 0.25) is 0 Å². The first-order chi connectivity index (χ1) is 14.6. The number of aromatic nitrogens is 2. The summed E-state index contributed by atoms with van der Waals surface area (Å²) >= 11 is 3.13. The third-order valence-electron chi connectivity index (χ3n) is 4.33. The number of pyridine rings is 1. The van der Waals surface area contributed by atoms with Gasteiger partial charge in [-0.05, 0) is 29.8 Å². The number of thioether (sulfide) groups is 1. The van der Waals surface area contributed by atoms with E-state index in [1.807, 2.05) is 29.6 Å². The zero-order valence-corrected chi connectivity index (χ0v) is 17.2. The van der Waals surface area contributed by atoms with Crippen LogP contribution in [-0.4, -0.2) is 14.9 Å². The first kappa shape index (κ1) is 19.8. The van der Waals surface area contributed by atoms with Crippen LogP contribution in [0.2, 0.25) is 0 Å². The van der Waals surface area contributed by atoms with Gasteiger partial charge in [0.25, 0.3) is 5.69 Å². The molecule has 0 N–H and O–H groups in total. The summed E-state index contributed by atoms with van der Waals surface area (Å²) in [7, 11) is 0. The van der Waals surface area contributed by atoms with Crippen LogP contribution >= 0.6 is 23.1 Å². The van der Waals surface area contributed by atoms with Crippen LogP contribution in [0.4, 0.5) is 5.69 Å². The van der Waals surface area contributed by atoms with E-state index < -0.39 is 4.92 Å². The lowest BCUT2D eigenvalue weighted by Crippen LogP contribution is -1.89. The first-order valence-corrected chi connectivity index (χ1v) is 10.8. The summed E-state index contributed by atoms with van der Waals surface area (Å²) in [5.74, 6) is 0.669. The van der Waals surface area contributed by atoms with Crippen LogP contribution in [0.25, 0.3) is 21.8 Å². The Morgan fingerprint density at radius 1 is 1.07 bits per heavy atom. The van der Waals surface area contributed by atoms with Gasteiger partial charge >= 0.3 is 0 Å². The second-order valence-electron chi connectivity index (χ2n) is 6.32. The van der Waals surface area contributed by atoms with Crippen LogP contribution in [0, 0.1) is 21.4 Å². The maximum atomic E-state index is 10.8. The minimum absolute atomic E-state index is 0.0886. The van der Waals surface area contributed by atoms with E-state index in [9.17, 15) is 10.1 Å². The van der Waals surface area contributed by atoms with Crippen molar-refractivity contribution in [3.63, 3.8) is 0 Å². The average Bonchev–Trinajstić information content (AvgIpc) is 3.29. The lowest BCUT2D eigenvalue weighted by molar-refractivity contribution is -0.384. The summed E-state index contributed by atoms with van der Waals surface area (Å²) in [6, 6.07) is 20.0. The highest BCUT2D eigenvalue weighted by molar-refractivity contribution is 7.98. The molecular weight excluding hydrogens is 416 g/mol. The molecule has 0 amide bonds. The fraction of sp³-hybridized carbons (Fsp3) is 0.0455. The predicted molar refractivity (Wildman–Crippen MR) is 118 cm³/mol. The Morgan fingerprint density at radius 3 is 2.53 bits per heavy atom. The molecular formula is C22H14N4O2S2. The van der Waals surface area contributed by atoms with Crippen molar-refractivity contribution in [3.05, 3.63) is 93.5 Å². The molecule has 0 spiro atoms. The molecule has 2 heterocycles. The van der Waals surface area contributed by atoms with E-state index in [1.54, 1.807) is 53.6 Å². The molecule has 0 saturated carbocycles. The molecule has 2 aromatic carbocycles. The molecule has 0 atom stereocenters. The van der Waals surface area contributed by atoms with Crippen LogP contribution in [0.3, 0.4) is 0 Å². The second-order valence-corrected chi connectivity index (χ2v) is 8.18. The van der Waals surface area contributed by atoms with E-state index in [0.29, 0.717) is 11.3 Å². The average molecular weight is 431 g/mol. The standard InChI is InChI=1S/C22H14N4O2S2/c23-12-15-1-5-17(6-2-15)20-14-30-22(25-20)18-9-10-24-21(11-18)29-13-16-3-7-19(8-4-16)26(27)28/h1-11,14H,13H2. The number of hydrogen-bond acceptors (Lipinski definition) is 7. The highest BCUT2D eigenvalue weighted by Gasteiger charge is 2.09. The summed E-state index contributed by atoms with van der Waals surface area (Å²) in [6.45, 7) is 0. The second kappa shape index (κ2) is 8.86. The van der Waals surface area contributed by atoms with Crippen molar-refractivity contribution in [1.82, 2.24) is 9.97 Å². The normalized spacial score (nSPS) is 10.5. The third kappa shape index (κ3) is 4.54. The van der Waals surface area contributed by atoms with Gasteiger partial charge in [0, 0.05) is 40.6 Å². The van der Waals surface area contributed by atoms with E-state index >= 15 is 0 Å². The van der Waals surface area contributed by atoms with Gasteiger partial charge in [0.1, 0.15) is 5.01 Å². The number of non-ortho nitro benzene ring substituents is 1. The van der Waals surface area contributed by atoms with Crippen LogP contribution in [0.1, 0.15) is 11.1 Å². The lowest BCUT2D eigenvalue weighted by Gasteiger charge is -2.03. The van der Waals surface area contributed by atoms with Crippen LogP contribution in [0.15, 0.2) is 77.3 Å². The minimum atomic E-state index is -0.401. The monoisotopic (exact) mass is 430 g/mol. The third-order valence-corrected chi connectivity index (χ3v) is 6.22. The number of nitrogens with zero attached hydrogens (tertiary/aromatic N) is 4. The number of nitro groups is 1. The molecule has 0 saturated heterocycles. The van der Waals surface area contributed by atoms with Crippen molar-refractivity contribution >= 4 is 28.8 Å². The Balaban J connectivity index is 1.47. The maximum Gasteiger partial charge on any atom is 0.269 e. The first-order valence-electron chi connectivity index (χ1n) is 8.91. The number of nitriles is 1. The summed E-state index contributed by atoms with van der Waals surface area (Å²) in [5.41, 5.74) is 4.54. The molecule has 0 aliphatic carbocycles. The molecule has 0 radical (unpaired) electrons. The molecule has 30 heavy (non-hydrogen) atoms. The molecule has 0 aliphatic rings. The van der Waals surface area contributed by atoms with Crippen LogP contribution in [-0.2, 0) is 5.75 Å². The van der Waals surface area contributed by atoms with E-state index in [1.165, 1.54) is 12.1 Å². The Bertz CT molecular complexity index is 1230. The molecule has 146 valence electrons. The van der Waals surface area contributed by atoms with Gasteiger partial charge in [-0.15, -0.1) is 23.1 Å². The summed E-state index contributed by atoms with van der Waals surface area (Å²) < 4.78 is 0. The molecule has 0 unspecified atom stereocenters. The van der Waals surface area contributed by atoms with Crippen molar-refractivity contribution in [3.8, 4) is 27.9 Å². The van der Waals surface area contributed by atoms with Crippen LogP contribution in [0.5, 0.6) is 0 Å². The fourth-order valence-electron chi connectivity index (χ4n) is 2.75. The molecule has 0 fully saturated rings. The number of nitro benzene ring substituents is 1. The van der Waals surface area contributed by atoms with E-state index in [4.69, 9.17) is 10.2 Å². The topological polar surface area (TPSA) is 92.7 Å². The SMILES string of the molecule is N#Cc1ccc(-c2csc(-c3ccnc(SCc4ccc([N+](=O)[O-])cc4)c3)n2)cc1. The Labute approximate surface area is 181 Å². The van der Waals surface area contributed by atoms with Gasteiger partial charge in [0.15, 0.2) is 0 Å². The van der Waals surface area contributed by atoms with E-state index in [-0.39, 0.29) is 5.69 Å². The smallest absolute Gasteiger partial charge is 0.258 e. The van der Waals surface area contributed by atoms with Gasteiger partial charge < -0.3 is 0 Å². The van der Waals surface area contributed by atoms with Gasteiger partial charge in [-0.1, -0.05) is 24.3 Å². The molecule has 8 heteroatoms. The van der Waals surface area contributed by atoms with Crippen molar-refractivity contribution in [1.29, 1.82) is 5.26 Å². The number of rotatable bonds is 6. The number of benzene rings is 2. The van der Waals surface area contributed by atoms with Gasteiger partial charge in [-0.3, -0.25) is 10.1 Å². The Kier molecular flexibility index (Phi) is 5.84. The number of hydrogen-bond donors (Lipinski definition) is 0. The Morgan fingerprint density at radius 2 is 1.83 bits per heavy atom. The van der Waals surface area contributed by atoms with Crippen molar-refractivity contribution in [2.75, 3.05) is 0 Å². The van der Waals surface area contributed by atoms with Crippen LogP contribution < -0.4 is 0 Å². The van der Waals surface area contributed by atoms with Gasteiger partial charge in [0.05, 0.1) is 27.3 Å². The highest BCUT2D eigenvalue weighted by Crippen LogP contribution is 2.31. The minimum Gasteiger partial charge on any atom is -0.258 e. The molecule has 4 rings (SSSR count). The summed E-state index contributed by atoms with van der Waals surface area (Å²) in [6.07, 6.45) is 1.76. The maximum absolute atomic E-state index is 10.8. The summed E-state index contributed by atoms with van der Waals surface area (Å²) in [5, 5.41) is 23.4. The largest absolute Gasteiger partial charge is 0.269 e. The quantitative estimate of drug-likeness (QED) is 0.213. The molecule has 0 bridgehead atoms. The molecule has 2 aromatic heterocycles.